The third-order valence-corrected chi connectivity index (χ3v) is 3.46. The highest BCUT2D eigenvalue weighted by Gasteiger charge is 2.12. The molecule has 1 heterocycles. The summed E-state index contributed by atoms with van der Waals surface area (Å²) < 4.78 is 5.82. The van der Waals surface area contributed by atoms with Crippen LogP contribution in [0.4, 0.5) is 5.69 Å². The van der Waals surface area contributed by atoms with E-state index in [0.717, 1.165) is 10.0 Å². The molecule has 0 saturated heterocycles. The molecule has 1 N–H and O–H groups in total. The van der Waals surface area contributed by atoms with Gasteiger partial charge in [0.15, 0.2) is 6.61 Å². The molecule has 0 bridgehead atoms. The number of pyridine rings is 1. The molecule has 0 spiro atoms. The van der Waals surface area contributed by atoms with Crippen molar-refractivity contribution in [2.45, 2.75) is 6.92 Å². The van der Waals surface area contributed by atoms with Crippen molar-refractivity contribution in [1.82, 2.24) is 4.98 Å². The first kappa shape index (κ1) is 16.5. The minimum Gasteiger partial charge on any atom is -0.451 e. The second-order valence-corrected chi connectivity index (χ2v) is 5.79. The fraction of sp³-hybridized carbons (Fsp3) is 0.133. The zero-order valence-electron chi connectivity index (χ0n) is 11.6. The minimum absolute atomic E-state index is 0.0557. The normalized spacial score (nSPS) is 10.1. The Morgan fingerprint density at radius 3 is 2.77 bits per heavy atom. The Kier molecular flexibility index (Phi) is 5.51. The monoisotopic (exact) mass is 382 g/mol. The van der Waals surface area contributed by atoms with Gasteiger partial charge in [-0.15, -0.1) is 0 Å². The van der Waals surface area contributed by atoms with Gasteiger partial charge in [0.05, 0.1) is 0 Å². The van der Waals surface area contributed by atoms with Gasteiger partial charge in [-0.2, -0.15) is 0 Å². The summed E-state index contributed by atoms with van der Waals surface area (Å²) in [5.41, 5.74) is 1.61. The molecule has 22 heavy (non-hydrogen) atoms. The number of benzene rings is 1. The van der Waals surface area contributed by atoms with Crippen LogP contribution >= 0.6 is 27.5 Å². The summed E-state index contributed by atoms with van der Waals surface area (Å²) >= 11 is 9.10. The number of nitrogens with one attached hydrogen (secondary N) is 1. The van der Waals surface area contributed by atoms with E-state index in [2.05, 4.69) is 26.2 Å². The topological polar surface area (TPSA) is 68.3 Å². The number of halogens is 2. The number of aromatic nitrogens is 1. The van der Waals surface area contributed by atoms with Crippen molar-refractivity contribution in [2.75, 3.05) is 11.9 Å². The van der Waals surface area contributed by atoms with Crippen molar-refractivity contribution < 1.29 is 14.3 Å². The van der Waals surface area contributed by atoms with Crippen LogP contribution in [0.15, 0.2) is 41.0 Å². The highest BCUT2D eigenvalue weighted by atomic mass is 79.9. The van der Waals surface area contributed by atoms with E-state index in [1.54, 1.807) is 12.1 Å². The molecule has 1 aromatic heterocycles. The minimum atomic E-state index is -0.704. The first-order chi connectivity index (χ1) is 10.5. The Balaban J connectivity index is 1.91. The maximum atomic E-state index is 11.8. The quantitative estimate of drug-likeness (QED) is 0.819. The Hall–Kier alpha value is -1.92. The highest BCUT2D eigenvalue weighted by Crippen LogP contribution is 2.19. The van der Waals surface area contributed by atoms with Gasteiger partial charge in [-0.1, -0.05) is 27.5 Å². The third kappa shape index (κ3) is 4.54. The molecular weight excluding hydrogens is 372 g/mol. The Labute approximate surface area is 140 Å². The van der Waals surface area contributed by atoms with E-state index in [4.69, 9.17) is 16.3 Å². The summed E-state index contributed by atoms with van der Waals surface area (Å²) in [6, 6.07) is 8.36. The smallest absolute Gasteiger partial charge is 0.357 e. The molecule has 0 aliphatic carbocycles. The standard InChI is InChI=1S/C15H12BrClN2O3/c1-9-6-10(16)2-3-12(9)19-14(20)8-22-15(21)13-7-11(17)4-5-18-13/h2-7H,8H2,1H3,(H,19,20). The average Bonchev–Trinajstić information content (AvgIpc) is 2.47. The molecule has 5 nitrogen and oxygen atoms in total. The van der Waals surface area contributed by atoms with Crippen molar-refractivity contribution >= 4 is 45.1 Å². The summed E-state index contributed by atoms with van der Waals surface area (Å²) in [5, 5.41) is 3.04. The van der Waals surface area contributed by atoms with Crippen molar-refractivity contribution in [3.63, 3.8) is 0 Å². The van der Waals surface area contributed by atoms with Gasteiger partial charge in [0.2, 0.25) is 0 Å². The first-order valence-corrected chi connectivity index (χ1v) is 7.47. The lowest BCUT2D eigenvalue weighted by Gasteiger charge is -2.09. The Morgan fingerprint density at radius 1 is 1.32 bits per heavy atom. The number of ether oxygens (including phenoxy) is 1. The van der Waals surface area contributed by atoms with Gasteiger partial charge in [-0.25, -0.2) is 9.78 Å². The van der Waals surface area contributed by atoms with Crippen LogP contribution < -0.4 is 5.32 Å². The van der Waals surface area contributed by atoms with E-state index < -0.39 is 18.5 Å². The van der Waals surface area contributed by atoms with Gasteiger partial charge in [-0.3, -0.25) is 4.79 Å². The maximum Gasteiger partial charge on any atom is 0.357 e. The van der Waals surface area contributed by atoms with E-state index in [0.29, 0.717) is 10.7 Å². The fourth-order valence-electron chi connectivity index (χ4n) is 1.68. The predicted molar refractivity (Wildman–Crippen MR) is 87.0 cm³/mol. The number of rotatable bonds is 4. The predicted octanol–water partition coefficient (Wildman–Crippen LogP) is 3.60. The summed E-state index contributed by atoms with van der Waals surface area (Å²) in [4.78, 5) is 27.4. The average molecular weight is 384 g/mol. The lowest BCUT2D eigenvalue weighted by Crippen LogP contribution is -2.21. The van der Waals surface area contributed by atoms with E-state index in [-0.39, 0.29) is 5.69 Å². The van der Waals surface area contributed by atoms with Crippen molar-refractivity contribution in [3.8, 4) is 0 Å². The van der Waals surface area contributed by atoms with E-state index in [1.807, 2.05) is 19.1 Å². The molecule has 2 aromatic rings. The number of carbonyl (C=O) groups is 2. The van der Waals surface area contributed by atoms with Crippen LogP contribution in [0.2, 0.25) is 5.02 Å². The largest absolute Gasteiger partial charge is 0.451 e. The number of anilines is 1. The Bertz CT molecular complexity index is 722. The first-order valence-electron chi connectivity index (χ1n) is 6.30. The van der Waals surface area contributed by atoms with Gasteiger partial charge in [0.1, 0.15) is 5.69 Å². The molecule has 0 aliphatic heterocycles. The zero-order chi connectivity index (χ0) is 16.1. The van der Waals surface area contributed by atoms with Gasteiger partial charge < -0.3 is 10.1 Å². The molecule has 1 amide bonds. The molecule has 0 saturated carbocycles. The van der Waals surface area contributed by atoms with Crippen LogP contribution in [0.3, 0.4) is 0 Å². The second kappa shape index (κ2) is 7.38. The zero-order valence-corrected chi connectivity index (χ0v) is 13.9. The van der Waals surface area contributed by atoms with Crippen LogP contribution in [-0.2, 0) is 9.53 Å². The van der Waals surface area contributed by atoms with E-state index in [9.17, 15) is 9.59 Å². The van der Waals surface area contributed by atoms with Crippen molar-refractivity contribution in [2.24, 2.45) is 0 Å². The molecule has 0 unspecified atom stereocenters. The van der Waals surface area contributed by atoms with Crippen LogP contribution in [0.25, 0.3) is 0 Å². The number of hydrogen-bond acceptors (Lipinski definition) is 4. The Morgan fingerprint density at radius 2 is 2.09 bits per heavy atom. The number of amides is 1. The number of hydrogen-bond donors (Lipinski definition) is 1. The molecule has 0 atom stereocenters. The lowest BCUT2D eigenvalue weighted by molar-refractivity contribution is -0.119. The third-order valence-electron chi connectivity index (χ3n) is 2.73. The fourth-order valence-corrected chi connectivity index (χ4v) is 2.31. The molecule has 1 aromatic carbocycles. The van der Waals surface area contributed by atoms with Gasteiger partial charge in [0, 0.05) is 21.4 Å². The molecule has 2 rings (SSSR count). The van der Waals surface area contributed by atoms with Crippen LogP contribution in [-0.4, -0.2) is 23.5 Å². The molecule has 0 fully saturated rings. The number of esters is 1. The van der Waals surface area contributed by atoms with Crippen molar-refractivity contribution in [3.05, 3.63) is 57.3 Å². The second-order valence-electron chi connectivity index (χ2n) is 4.44. The molecule has 7 heteroatoms. The van der Waals surface area contributed by atoms with Crippen LogP contribution in [0, 0.1) is 6.92 Å². The molecule has 0 radical (unpaired) electrons. The number of aryl methyl sites for hydroxylation is 1. The summed E-state index contributed by atoms with van der Waals surface area (Å²) in [6.45, 7) is 1.46. The van der Waals surface area contributed by atoms with Crippen molar-refractivity contribution in [1.29, 1.82) is 0 Å². The summed E-state index contributed by atoms with van der Waals surface area (Å²) in [6.07, 6.45) is 1.39. The van der Waals surface area contributed by atoms with Crippen LogP contribution in [0.5, 0.6) is 0 Å². The summed E-state index contributed by atoms with van der Waals surface area (Å²) in [7, 11) is 0. The summed E-state index contributed by atoms with van der Waals surface area (Å²) in [5.74, 6) is -1.13. The SMILES string of the molecule is Cc1cc(Br)ccc1NC(=O)COC(=O)c1cc(Cl)ccn1. The van der Waals surface area contributed by atoms with Gasteiger partial charge in [0.25, 0.3) is 5.91 Å². The number of nitrogens with zero attached hydrogens (tertiary/aromatic N) is 1. The highest BCUT2D eigenvalue weighted by molar-refractivity contribution is 9.10. The molecule has 114 valence electrons. The van der Waals surface area contributed by atoms with Gasteiger partial charge in [-0.05, 0) is 42.8 Å². The number of carbonyl (C=O) groups excluding carboxylic acids is 2. The van der Waals surface area contributed by atoms with Gasteiger partial charge >= 0.3 is 5.97 Å². The maximum absolute atomic E-state index is 11.8. The molecular formula is C15H12BrClN2O3. The van der Waals surface area contributed by atoms with E-state index >= 15 is 0 Å². The van der Waals surface area contributed by atoms with Crippen LogP contribution in [0.1, 0.15) is 16.1 Å². The van der Waals surface area contributed by atoms with E-state index in [1.165, 1.54) is 12.3 Å². The lowest BCUT2D eigenvalue weighted by atomic mass is 10.2. The molecule has 0 aliphatic rings.